The van der Waals surface area contributed by atoms with E-state index in [2.05, 4.69) is 9.73 Å². The lowest BCUT2D eigenvalue weighted by atomic mass is 10.0. The van der Waals surface area contributed by atoms with E-state index in [4.69, 9.17) is 13.7 Å². The molecule has 0 amide bonds. The lowest BCUT2D eigenvalue weighted by molar-refractivity contribution is -0.274. The number of hydrogen-bond acceptors (Lipinski definition) is 3. The number of halogens is 3. The molecule has 148 valence electrons. The molecule has 0 fully saturated rings. The molecule has 0 spiro atoms. The molecule has 8 heteroatoms. The number of allylic oxidation sites excluding steroid dienone is 3. The zero-order chi connectivity index (χ0) is 21.0. The minimum Gasteiger partial charge on any atom is -0.405 e. The van der Waals surface area contributed by atoms with Crippen molar-refractivity contribution < 1.29 is 17.9 Å². The number of alkyl halides is 3. The Balaban J connectivity index is 1.93. The van der Waals surface area contributed by atoms with Crippen LogP contribution in [0.4, 0.5) is 13.2 Å². The maximum atomic E-state index is 12.6. The number of para-hydroxylation sites is 1. The number of ether oxygens (including phenoxy) is 1. The number of rotatable bonds is 6. The minimum atomic E-state index is -4.75. The number of aliphatic imine (C=N–C) groups is 1. The van der Waals surface area contributed by atoms with Gasteiger partial charge >= 0.3 is 6.36 Å². The van der Waals surface area contributed by atoms with Crippen molar-refractivity contribution in [3.63, 3.8) is 0 Å². The van der Waals surface area contributed by atoms with Gasteiger partial charge in [0.2, 0.25) is 7.98 Å². The normalized spacial score (nSPS) is 16.2. The monoisotopic (exact) mass is 397 g/mol. The Bertz CT molecular complexity index is 1020. The van der Waals surface area contributed by atoms with Gasteiger partial charge in [0, 0.05) is 16.8 Å². The fourth-order valence-electron chi connectivity index (χ4n) is 3.10. The van der Waals surface area contributed by atoms with Crippen LogP contribution in [0, 0.1) is 0 Å². The average Bonchev–Trinajstić information content (AvgIpc) is 3.23. The average molecular weight is 397 g/mol. The van der Waals surface area contributed by atoms with E-state index in [1.165, 1.54) is 16.6 Å². The van der Waals surface area contributed by atoms with E-state index in [1.54, 1.807) is 30.5 Å². The molecular formula is C21H19BF3N3O. The van der Waals surface area contributed by atoms with Gasteiger partial charge in [0.25, 0.3) is 0 Å². The van der Waals surface area contributed by atoms with E-state index in [1.807, 2.05) is 25.1 Å². The van der Waals surface area contributed by atoms with Crippen molar-refractivity contribution in [1.29, 1.82) is 0 Å². The first-order valence-corrected chi connectivity index (χ1v) is 8.94. The summed E-state index contributed by atoms with van der Waals surface area (Å²) in [5.74, 6) is -0.268. The van der Waals surface area contributed by atoms with E-state index >= 15 is 0 Å². The van der Waals surface area contributed by atoms with Crippen LogP contribution in [0.3, 0.4) is 0 Å². The predicted molar refractivity (Wildman–Crippen MR) is 110 cm³/mol. The van der Waals surface area contributed by atoms with Crippen LogP contribution in [-0.4, -0.2) is 31.1 Å². The van der Waals surface area contributed by atoms with Gasteiger partial charge in [0.1, 0.15) is 5.75 Å². The second-order valence-corrected chi connectivity index (χ2v) is 6.45. The highest BCUT2D eigenvalue weighted by atomic mass is 19.4. The first-order valence-electron chi connectivity index (χ1n) is 8.94. The lowest BCUT2D eigenvalue weighted by Crippen LogP contribution is -2.17. The van der Waals surface area contributed by atoms with Gasteiger partial charge in [0.05, 0.1) is 11.4 Å². The molecule has 1 aliphatic heterocycles. The van der Waals surface area contributed by atoms with Crippen LogP contribution in [0.1, 0.15) is 24.6 Å². The Morgan fingerprint density at radius 1 is 1.21 bits per heavy atom. The summed E-state index contributed by atoms with van der Waals surface area (Å²) >= 11 is 0. The predicted octanol–water partition coefficient (Wildman–Crippen LogP) is 4.49. The third-order valence-corrected chi connectivity index (χ3v) is 4.33. The van der Waals surface area contributed by atoms with Crippen molar-refractivity contribution in [2.75, 3.05) is 6.54 Å². The van der Waals surface area contributed by atoms with Gasteiger partial charge in [-0.2, -0.15) is 0 Å². The molecule has 29 heavy (non-hydrogen) atoms. The van der Waals surface area contributed by atoms with E-state index in [0.29, 0.717) is 24.2 Å². The Labute approximate surface area is 168 Å². The molecule has 3 rings (SSSR count). The molecule has 0 bridgehead atoms. The summed E-state index contributed by atoms with van der Waals surface area (Å²) in [6, 6.07) is 9.66. The number of aromatic nitrogens is 1. The van der Waals surface area contributed by atoms with Crippen molar-refractivity contribution in [2.45, 2.75) is 19.7 Å². The van der Waals surface area contributed by atoms with E-state index < -0.39 is 6.36 Å². The van der Waals surface area contributed by atoms with Gasteiger partial charge in [-0.1, -0.05) is 18.2 Å². The largest absolute Gasteiger partial charge is 0.573 e. The van der Waals surface area contributed by atoms with Crippen LogP contribution in [0.25, 0.3) is 11.6 Å². The Kier molecular flexibility index (Phi) is 6.13. The third kappa shape index (κ3) is 5.09. The lowest BCUT2D eigenvalue weighted by Gasteiger charge is -2.12. The summed E-state index contributed by atoms with van der Waals surface area (Å²) in [7, 11) is 5.98. The summed E-state index contributed by atoms with van der Waals surface area (Å²) in [5, 5.41) is 0. The van der Waals surface area contributed by atoms with E-state index in [0.717, 1.165) is 22.5 Å². The maximum absolute atomic E-state index is 12.6. The molecule has 1 aliphatic rings. The van der Waals surface area contributed by atoms with Crippen LogP contribution >= 0.6 is 0 Å². The summed E-state index contributed by atoms with van der Waals surface area (Å²) in [4.78, 5) is 4.63. The van der Waals surface area contributed by atoms with Crippen molar-refractivity contribution in [3.05, 3.63) is 77.3 Å². The second kappa shape index (κ2) is 8.57. The maximum Gasteiger partial charge on any atom is 0.573 e. The molecular weight excluding hydrogens is 378 g/mol. The molecule has 2 radical (unpaired) electrons. The van der Waals surface area contributed by atoms with Crippen LogP contribution < -0.4 is 10.5 Å². The fraction of sp³-hybridized carbons (Fsp3) is 0.190. The first-order chi connectivity index (χ1) is 13.8. The van der Waals surface area contributed by atoms with Crippen LogP contribution in [0.2, 0.25) is 0 Å². The molecule has 2 heterocycles. The molecule has 0 aliphatic carbocycles. The van der Waals surface area contributed by atoms with Gasteiger partial charge in [-0.25, -0.2) is 4.99 Å². The van der Waals surface area contributed by atoms with Gasteiger partial charge in [0.15, 0.2) is 0 Å². The molecule has 0 unspecified atom stereocenters. The summed E-state index contributed by atoms with van der Waals surface area (Å²) in [6.45, 7) is 2.35. The van der Waals surface area contributed by atoms with E-state index in [9.17, 15) is 13.2 Å². The Hall–Kier alpha value is -3.00. The zero-order valence-electron chi connectivity index (χ0n) is 15.8. The highest BCUT2D eigenvalue weighted by molar-refractivity contribution is 6.11. The van der Waals surface area contributed by atoms with E-state index in [-0.39, 0.29) is 5.75 Å². The van der Waals surface area contributed by atoms with Gasteiger partial charge in [-0.15, -0.1) is 13.2 Å². The molecule has 0 saturated heterocycles. The van der Waals surface area contributed by atoms with Crippen LogP contribution in [-0.2, 0) is 0 Å². The number of benzene rings is 1. The topological polar surface area (TPSA) is 52.5 Å². The van der Waals surface area contributed by atoms with Gasteiger partial charge in [-0.05, 0) is 68.1 Å². The van der Waals surface area contributed by atoms with Gasteiger partial charge in [-0.3, -0.25) is 0 Å². The standard InChI is InChI=1S/C21H19BF3N3O/c1-14-13-16(9-8-15-5-2-3-7-19(15)29-21(23,24)25)27-20(14)17(10-11-26)18-6-4-12-28(18)22/h2-9,12-13H,10-11,26H2,1H3/b9-8+,20-17-. The summed E-state index contributed by atoms with van der Waals surface area (Å²) in [6.07, 6.45) is 2.62. The zero-order valence-corrected chi connectivity index (χ0v) is 15.8. The molecule has 2 aromatic rings. The summed E-state index contributed by atoms with van der Waals surface area (Å²) < 4.78 is 43.3. The highest BCUT2D eigenvalue weighted by Gasteiger charge is 2.31. The van der Waals surface area contributed by atoms with Crippen LogP contribution in [0.15, 0.2) is 71.0 Å². The molecule has 1 aromatic carbocycles. The molecule has 0 saturated carbocycles. The molecule has 4 nitrogen and oxygen atoms in total. The smallest absolute Gasteiger partial charge is 0.405 e. The Morgan fingerprint density at radius 3 is 2.62 bits per heavy atom. The molecule has 1 aromatic heterocycles. The Morgan fingerprint density at radius 2 is 1.97 bits per heavy atom. The summed E-state index contributed by atoms with van der Waals surface area (Å²) in [5.41, 5.74) is 10.1. The van der Waals surface area contributed by atoms with Crippen molar-refractivity contribution in [2.24, 2.45) is 10.7 Å². The number of hydrogen-bond donors (Lipinski definition) is 1. The van der Waals surface area contributed by atoms with Crippen LogP contribution in [0.5, 0.6) is 5.75 Å². The number of nitrogens with zero attached hydrogens (tertiary/aromatic N) is 2. The second-order valence-electron chi connectivity index (χ2n) is 6.45. The van der Waals surface area contributed by atoms with Crippen molar-refractivity contribution in [3.8, 4) is 5.75 Å². The quantitative estimate of drug-likeness (QED) is 0.731. The molecule has 0 atom stereocenters. The fourth-order valence-corrected chi connectivity index (χ4v) is 3.10. The van der Waals surface area contributed by atoms with Crippen molar-refractivity contribution >= 4 is 25.3 Å². The highest BCUT2D eigenvalue weighted by Crippen LogP contribution is 2.31. The number of nitrogens with two attached hydrogens (primary N) is 1. The molecule has 2 N–H and O–H groups in total. The third-order valence-electron chi connectivity index (χ3n) is 4.33. The first kappa shape index (κ1) is 20.7. The van der Waals surface area contributed by atoms with Gasteiger partial charge < -0.3 is 14.9 Å². The minimum absolute atomic E-state index is 0.268. The van der Waals surface area contributed by atoms with Crippen molar-refractivity contribution in [1.82, 2.24) is 4.48 Å². The SMILES string of the molecule is [B]n1cccc1/C(CCN)=C1N=C(/C=C/c2ccccc2OC(F)(F)F)C=C\1C.